The highest BCUT2D eigenvalue weighted by molar-refractivity contribution is 6.22. The number of rotatable bonds is 15. The Kier molecular flexibility index (Phi) is 13.3. The van der Waals surface area contributed by atoms with Crippen LogP contribution in [0.2, 0.25) is 0 Å². The first-order chi connectivity index (χ1) is 19.4. The molecule has 2 heterocycles. The fraction of sp³-hybridized carbons (Fsp3) is 0.515. The van der Waals surface area contributed by atoms with Gasteiger partial charge in [-0.2, -0.15) is 0 Å². The summed E-state index contributed by atoms with van der Waals surface area (Å²) in [5, 5.41) is 0. The number of carbonyl (C=O) groups is 4. The molecule has 4 rings (SSSR count). The Morgan fingerprint density at radius 2 is 0.930 bits per heavy atom. The van der Waals surface area contributed by atoms with Gasteiger partial charge in [-0.3, -0.25) is 29.0 Å². The van der Waals surface area contributed by atoms with E-state index in [4.69, 9.17) is 0 Å². The summed E-state index contributed by atoms with van der Waals surface area (Å²) in [5.41, 5.74) is 2.07. The minimum atomic E-state index is -0.173. The van der Waals surface area contributed by atoms with Crippen LogP contribution in [0.15, 0.2) is 48.5 Å². The number of nitrogens with zero attached hydrogens (tertiary/aromatic N) is 4. The van der Waals surface area contributed by atoms with Crippen LogP contribution in [-0.4, -0.2) is 110 Å². The van der Waals surface area contributed by atoms with Gasteiger partial charge in [0.1, 0.15) is 0 Å². The topological polar surface area (TPSA) is 74.8 Å². The summed E-state index contributed by atoms with van der Waals surface area (Å²) in [6.07, 6.45) is 5.42. The largest absolute Gasteiger partial charge is 1.00 e. The SMILES string of the molecule is CC(CN1C(=O)c2ccccc2C1=O)C[N+](C)(C)CCCCCC[N+](C)(C)CCCN1C(=O)c2ccccc2C1=O.[Br-].[Br-]. The molecule has 2 aliphatic rings. The first-order valence-electron chi connectivity index (χ1n) is 14.9. The van der Waals surface area contributed by atoms with Crippen molar-refractivity contribution >= 4 is 23.6 Å². The van der Waals surface area contributed by atoms with E-state index in [1.165, 1.54) is 22.6 Å². The van der Waals surface area contributed by atoms with Crippen LogP contribution in [0.1, 0.15) is 80.5 Å². The fourth-order valence-corrected chi connectivity index (χ4v) is 6.35. The second-order valence-electron chi connectivity index (χ2n) is 13.2. The summed E-state index contributed by atoms with van der Waals surface area (Å²) in [7, 11) is 8.90. The number of carbonyl (C=O) groups excluding carboxylic acids is 4. The standard InChI is InChI=1S/C33H46N4O4.2BrH/c1-25(23-35-32(40)28-17-10-11-18-29(28)33(35)41)24-37(4,5)21-13-7-6-12-20-36(2,3)22-14-19-34-30(38)26-15-8-9-16-27(26)31(34)39;;/h8-11,15-18,25H,6-7,12-14,19-24H2,1-5H3;2*1H/q+2;;/p-2. The molecule has 2 aromatic carbocycles. The maximum absolute atomic E-state index is 12.7. The van der Waals surface area contributed by atoms with Gasteiger partial charge in [0.2, 0.25) is 0 Å². The quantitative estimate of drug-likeness (QED) is 0.125. The molecular weight excluding hydrogens is 676 g/mol. The molecule has 0 spiro atoms. The Labute approximate surface area is 277 Å². The van der Waals surface area contributed by atoms with E-state index in [1.54, 1.807) is 48.5 Å². The number of halogens is 2. The molecule has 0 N–H and O–H groups in total. The smallest absolute Gasteiger partial charge is 0.261 e. The van der Waals surface area contributed by atoms with Crippen LogP contribution in [0.25, 0.3) is 0 Å². The van der Waals surface area contributed by atoms with Crippen molar-refractivity contribution in [1.82, 2.24) is 9.80 Å². The zero-order chi connectivity index (χ0) is 29.8. The number of fused-ring (bicyclic) bond motifs is 2. The third-order valence-electron chi connectivity index (χ3n) is 8.48. The van der Waals surface area contributed by atoms with E-state index < -0.39 is 0 Å². The molecule has 0 saturated heterocycles. The Morgan fingerprint density at radius 3 is 1.37 bits per heavy atom. The number of unbranched alkanes of at least 4 members (excludes halogenated alkanes) is 3. The van der Waals surface area contributed by atoms with Crippen molar-refractivity contribution in [2.75, 3.05) is 67.5 Å². The number of hydrogen-bond acceptors (Lipinski definition) is 4. The van der Waals surface area contributed by atoms with Crippen LogP contribution in [0.4, 0.5) is 0 Å². The normalized spacial score (nSPS) is 15.3. The van der Waals surface area contributed by atoms with Crippen LogP contribution in [0.3, 0.4) is 0 Å². The summed E-state index contributed by atoms with van der Waals surface area (Å²) < 4.78 is 1.74. The van der Waals surface area contributed by atoms with E-state index in [0.29, 0.717) is 35.3 Å². The second-order valence-corrected chi connectivity index (χ2v) is 13.2. The highest BCUT2D eigenvalue weighted by Crippen LogP contribution is 2.25. The zero-order valence-electron chi connectivity index (χ0n) is 26.2. The Hall–Kier alpha value is -2.40. The lowest BCUT2D eigenvalue weighted by atomic mass is 10.1. The molecule has 0 radical (unpaired) electrons. The average Bonchev–Trinajstić information content (AvgIpc) is 3.31. The van der Waals surface area contributed by atoms with Crippen molar-refractivity contribution in [2.45, 2.75) is 39.0 Å². The van der Waals surface area contributed by atoms with E-state index in [2.05, 4.69) is 35.1 Å². The van der Waals surface area contributed by atoms with Crippen LogP contribution in [0.5, 0.6) is 0 Å². The van der Waals surface area contributed by atoms with Gasteiger partial charge in [0.15, 0.2) is 0 Å². The summed E-state index contributed by atoms with van der Waals surface area (Å²) >= 11 is 0. The molecule has 2 aliphatic heterocycles. The monoisotopic (exact) mass is 720 g/mol. The number of imide groups is 2. The number of amides is 4. The van der Waals surface area contributed by atoms with E-state index in [0.717, 1.165) is 54.4 Å². The molecular formula is C33H46Br2N4O4. The molecule has 2 aromatic rings. The number of benzene rings is 2. The maximum Gasteiger partial charge on any atom is 0.261 e. The molecule has 0 fully saturated rings. The molecule has 4 amide bonds. The Balaban J connectivity index is 0.00000323. The van der Waals surface area contributed by atoms with Crippen molar-refractivity contribution in [3.63, 3.8) is 0 Å². The molecule has 10 heteroatoms. The highest BCUT2D eigenvalue weighted by Gasteiger charge is 2.37. The predicted octanol–water partition coefficient (Wildman–Crippen LogP) is -1.67. The molecule has 0 aliphatic carbocycles. The van der Waals surface area contributed by atoms with Gasteiger partial charge in [-0.1, -0.05) is 31.2 Å². The second kappa shape index (κ2) is 15.5. The van der Waals surface area contributed by atoms with Crippen molar-refractivity contribution in [1.29, 1.82) is 0 Å². The Morgan fingerprint density at radius 1 is 0.558 bits per heavy atom. The minimum Gasteiger partial charge on any atom is -1.00 e. The van der Waals surface area contributed by atoms with Gasteiger partial charge in [-0.05, 0) is 49.9 Å². The van der Waals surface area contributed by atoms with Crippen LogP contribution in [-0.2, 0) is 0 Å². The van der Waals surface area contributed by atoms with Crippen molar-refractivity contribution in [2.24, 2.45) is 5.92 Å². The zero-order valence-corrected chi connectivity index (χ0v) is 29.3. The third-order valence-corrected chi connectivity index (χ3v) is 8.48. The third kappa shape index (κ3) is 9.06. The first kappa shape index (κ1) is 36.8. The summed E-state index contributed by atoms with van der Waals surface area (Å²) in [6, 6.07) is 14.1. The minimum absolute atomic E-state index is 0. The number of hydrogen-bond donors (Lipinski definition) is 0. The van der Waals surface area contributed by atoms with Crippen LogP contribution in [0, 0.1) is 5.92 Å². The summed E-state index contributed by atoms with van der Waals surface area (Å²) in [4.78, 5) is 53.4. The van der Waals surface area contributed by atoms with Gasteiger partial charge in [0, 0.05) is 25.4 Å². The number of quaternary nitrogens is 2. The lowest BCUT2D eigenvalue weighted by molar-refractivity contribution is -0.893. The molecule has 1 atom stereocenters. The van der Waals surface area contributed by atoms with E-state index in [-0.39, 0.29) is 63.5 Å². The average molecular weight is 723 g/mol. The lowest BCUT2D eigenvalue weighted by Gasteiger charge is -2.33. The van der Waals surface area contributed by atoms with Crippen LogP contribution < -0.4 is 34.0 Å². The predicted molar refractivity (Wildman–Crippen MR) is 160 cm³/mol. The van der Waals surface area contributed by atoms with E-state index >= 15 is 0 Å². The lowest BCUT2D eigenvalue weighted by Crippen LogP contribution is -3.00. The molecule has 1 unspecified atom stereocenters. The summed E-state index contributed by atoms with van der Waals surface area (Å²) in [6.45, 7) is 6.99. The van der Waals surface area contributed by atoms with Gasteiger partial charge in [-0.15, -0.1) is 0 Å². The van der Waals surface area contributed by atoms with Gasteiger partial charge in [-0.25, -0.2) is 0 Å². The van der Waals surface area contributed by atoms with Crippen molar-refractivity contribution in [3.8, 4) is 0 Å². The first-order valence-corrected chi connectivity index (χ1v) is 14.9. The van der Waals surface area contributed by atoms with Gasteiger partial charge < -0.3 is 42.9 Å². The summed E-state index contributed by atoms with van der Waals surface area (Å²) in [5.74, 6) is -0.476. The van der Waals surface area contributed by atoms with Gasteiger partial charge in [0.05, 0.1) is 76.6 Å². The highest BCUT2D eigenvalue weighted by atomic mass is 79.9. The molecule has 0 saturated carbocycles. The van der Waals surface area contributed by atoms with Crippen molar-refractivity contribution in [3.05, 3.63) is 70.8 Å². The molecule has 236 valence electrons. The van der Waals surface area contributed by atoms with Gasteiger partial charge in [0.25, 0.3) is 23.6 Å². The Bertz CT molecular complexity index is 1240. The van der Waals surface area contributed by atoms with Crippen molar-refractivity contribution < 1.29 is 62.1 Å². The molecule has 0 bridgehead atoms. The molecule has 0 aromatic heterocycles. The fourth-order valence-electron chi connectivity index (χ4n) is 6.35. The van der Waals surface area contributed by atoms with Crippen LogP contribution >= 0.6 is 0 Å². The van der Waals surface area contributed by atoms with Gasteiger partial charge >= 0.3 is 0 Å². The maximum atomic E-state index is 12.7. The molecule has 8 nitrogen and oxygen atoms in total. The van der Waals surface area contributed by atoms with E-state index in [9.17, 15) is 19.2 Å². The van der Waals surface area contributed by atoms with E-state index in [1.807, 2.05) is 0 Å². The molecule has 43 heavy (non-hydrogen) atoms.